The van der Waals surface area contributed by atoms with Crippen LogP contribution in [0.2, 0.25) is 0 Å². The topological polar surface area (TPSA) is 188 Å². The molecule has 4 aromatic rings. The van der Waals surface area contributed by atoms with Gasteiger partial charge in [-0.15, -0.1) is 0 Å². The minimum atomic E-state index is -2.75. The molecule has 2 aromatic heterocycles. The van der Waals surface area contributed by atoms with Gasteiger partial charge in [0.2, 0.25) is 17.6 Å². The maximum absolute atomic E-state index is 15.8. The third-order valence-corrected chi connectivity index (χ3v) is 8.54. The molecule has 3 heterocycles. The van der Waals surface area contributed by atoms with E-state index in [0.717, 1.165) is 5.39 Å². The Hall–Kier alpha value is -4.17. The van der Waals surface area contributed by atoms with Crippen molar-refractivity contribution in [1.29, 1.82) is 0 Å². The molecule has 14 nitrogen and oxygen atoms in total. The van der Waals surface area contributed by atoms with Crippen LogP contribution in [-0.4, -0.2) is 74.8 Å². The number of carbonyl (C=O) groups is 1. The van der Waals surface area contributed by atoms with E-state index >= 15 is 4.39 Å². The highest BCUT2D eigenvalue weighted by Gasteiger charge is 2.55. The van der Waals surface area contributed by atoms with Crippen molar-refractivity contribution >= 4 is 42.0 Å². The molecule has 0 bridgehead atoms. The van der Waals surface area contributed by atoms with E-state index in [2.05, 4.69) is 19.7 Å². The van der Waals surface area contributed by atoms with Gasteiger partial charge in [-0.2, -0.15) is 9.97 Å². The SMILES string of the molecule is COc1nc(N)nc2c1ncn2[C@@H]1O[C@H](COc2ccc3ccccc3c2O[P+]([O-])=N[C@@H](C)C(=O)OCCC(C)(C)C)[C@@H](F)[C@@]1(C)O. The number of aliphatic hydroxyl groups is 1. The van der Waals surface area contributed by atoms with E-state index in [1.54, 1.807) is 24.3 Å². The van der Waals surface area contributed by atoms with Gasteiger partial charge in [0.1, 0.15) is 18.3 Å². The summed E-state index contributed by atoms with van der Waals surface area (Å²) in [5.74, 6) is -0.409. The molecule has 1 fully saturated rings. The number of benzene rings is 2. The molecule has 1 aliphatic heterocycles. The zero-order valence-electron chi connectivity index (χ0n) is 26.9. The van der Waals surface area contributed by atoms with E-state index in [-0.39, 0.29) is 53.1 Å². The number of ether oxygens (including phenoxy) is 4. The molecule has 6 atom stereocenters. The summed E-state index contributed by atoms with van der Waals surface area (Å²) in [6.07, 6.45) is -2.45. The first-order valence-corrected chi connectivity index (χ1v) is 16.1. The molecule has 1 aliphatic rings. The van der Waals surface area contributed by atoms with Crippen molar-refractivity contribution in [2.75, 3.05) is 26.1 Å². The van der Waals surface area contributed by atoms with Crippen molar-refractivity contribution in [3.05, 3.63) is 42.7 Å². The molecule has 0 radical (unpaired) electrons. The van der Waals surface area contributed by atoms with Crippen LogP contribution in [0.1, 0.15) is 47.3 Å². The summed E-state index contributed by atoms with van der Waals surface area (Å²) in [4.78, 5) is 37.9. The number of hydrogen-bond donors (Lipinski definition) is 2. The van der Waals surface area contributed by atoms with Gasteiger partial charge in [0.15, 0.2) is 35.4 Å². The van der Waals surface area contributed by atoms with E-state index in [0.29, 0.717) is 11.8 Å². The molecule has 0 spiro atoms. The number of methoxy groups -OCH3 is 1. The fraction of sp³-hybridized carbons (Fsp3) is 0.484. The van der Waals surface area contributed by atoms with Crippen LogP contribution in [0.4, 0.5) is 10.3 Å². The van der Waals surface area contributed by atoms with E-state index < -0.39 is 44.3 Å². The molecule has 1 unspecified atom stereocenters. The Labute approximate surface area is 271 Å². The second-order valence-electron chi connectivity index (χ2n) is 12.6. The lowest BCUT2D eigenvalue weighted by Gasteiger charge is -2.26. The molecule has 5 rings (SSSR count). The number of imidazole rings is 1. The maximum Gasteiger partial charge on any atom is 0.395 e. The van der Waals surface area contributed by atoms with Crippen LogP contribution in [0.3, 0.4) is 0 Å². The number of anilines is 1. The molecule has 47 heavy (non-hydrogen) atoms. The first-order valence-electron chi connectivity index (χ1n) is 14.9. The summed E-state index contributed by atoms with van der Waals surface area (Å²) in [6, 6.07) is 9.44. The summed E-state index contributed by atoms with van der Waals surface area (Å²) in [7, 11) is -1.36. The second-order valence-corrected chi connectivity index (χ2v) is 13.5. The highest BCUT2D eigenvalue weighted by molar-refractivity contribution is 7.34. The molecule has 252 valence electrons. The number of nitrogen functional groups attached to an aromatic ring is 1. The lowest BCUT2D eigenvalue weighted by atomic mass is 9.93. The first kappa shape index (κ1) is 34.2. The summed E-state index contributed by atoms with van der Waals surface area (Å²) < 4.78 is 49.3. The van der Waals surface area contributed by atoms with E-state index in [9.17, 15) is 14.8 Å². The van der Waals surface area contributed by atoms with Crippen LogP contribution in [0.5, 0.6) is 17.4 Å². The summed E-state index contributed by atoms with van der Waals surface area (Å²) in [5.41, 5.74) is 4.20. The standard InChI is InChI=1S/C31H38FN6O8P/c1-17(27(39)43-14-13-30(2,3)4)37-47(41)46-23-19-10-8-7-9-18(19)11-12-20(23)44-15-21-24(32)31(5,40)28(45-21)38-16-34-22-25(38)35-29(33)36-26(22)42-6/h7-12,16-17,21,24,28,40H,13-15H2,1-6H3,(H2,33,35,36)/t17-,21+,24+,28+,31+/m0/s1. The van der Waals surface area contributed by atoms with Gasteiger partial charge < -0.3 is 34.7 Å². The van der Waals surface area contributed by atoms with Crippen LogP contribution in [0.25, 0.3) is 21.9 Å². The highest BCUT2D eigenvalue weighted by atomic mass is 31.1. The Morgan fingerprint density at radius 2 is 2.02 bits per heavy atom. The van der Waals surface area contributed by atoms with Gasteiger partial charge in [0, 0.05) is 5.39 Å². The number of hydrogen-bond acceptors (Lipinski definition) is 13. The normalized spacial score (nSPS) is 22.4. The van der Waals surface area contributed by atoms with Crippen molar-refractivity contribution in [3.63, 3.8) is 0 Å². The summed E-state index contributed by atoms with van der Waals surface area (Å²) in [5, 5.41) is 12.5. The number of alkyl halides is 1. The predicted molar refractivity (Wildman–Crippen MR) is 170 cm³/mol. The Kier molecular flexibility index (Phi) is 9.83. The van der Waals surface area contributed by atoms with Crippen molar-refractivity contribution in [2.45, 2.75) is 71.2 Å². The Morgan fingerprint density at radius 3 is 2.74 bits per heavy atom. The lowest BCUT2D eigenvalue weighted by Crippen LogP contribution is -2.42. The first-order chi connectivity index (χ1) is 22.2. The van der Waals surface area contributed by atoms with E-state index in [4.69, 9.17) is 29.2 Å². The molecule has 2 aromatic carbocycles. The van der Waals surface area contributed by atoms with Crippen molar-refractivity contribution in [3.8, 4) is 17.4 Å². The van der Waals surface area contributed by atoms with Crippen molar-refractivity contribution in [1.82, 2.24) is 19.5 Å². The zero-order chi connectivity index (χ0) is 34.1. The second kappa shape index (κ2) is 13.5. The number of nitrogens with two attached hydrogens (primary N) is 1. The molecular formula is C31H38FN6O8P. The lowest BCUT2D eigenvalue weighted by molar-refractivity contribution is -0.169. The third kappa shape index (κ3) is 7.38. The smallest absolute Gasteiger partial charge is 0.395 e. The van der Waals surface area contributed by atoms with Gasteiger partial charge in [0.05, 0.1) is 20.0 Å². The Bertz CT molecular complexity index is 1800. The van der Waals surface area contributed by atoms with Crippen LogP contribution < -0.4 is 24.6 Å². The molecular weight excluding hydrogens is 634 g/mol. The third-order valence-electron chi connectivity index (χ3n) is 7.66. The van der Waals surface area contributed by atoms with Crippen LogP contribution in [-0.2, 0) is 14.3 Å². The Balaban J connectivity index is 1.35. The van der Waals surface area contributed by atoms with Gasteiger partial charge in [-0.3, -0.25) is 9.09 Å². The van der Waals surface area contributed by atoms with Gasteiger partial charge in [-0.05, 0) is 37.1 Å². The van der Waals surface area contributed by atoms with Gasteiger partial charge in [-0.25, -0.2) is 14.2 Å². The summed E-state index contributed by atoms with van der Waals surface area (Å²) >= 11 is 0. The molecule has 0 amide bonds. The fourth-order valence-electron chi connectivity index (χ4n) is 5.05. The number of carbonyl (C=O) groups excluding carboxylic acids is 1. The highest BCUT2D eigenvalue weighted by Crippen LogP contribution is 2.44. The number of rotatable bonds is 11. The predicted octanol–water partition coefficient (Wildman–Crippen LogP) is 4.24. The van der Waals surface area contributed by atoms with Crippen molar-refractivity contribution in [2.24, 2.45) is 10.2 Å². The van der Waals surface area contributed by atoms with Gasteiger partial charge in [-0.1, -0.05) is 55.8 Å². The molecule has 1 saturated heterocycles. The number of esters is 1. The summed E-state index contributed by atoms with van der Waals surface area (Å²) in [6.45, 7) is 8.70. The van der Waals surface area contributed by atoms with Crippen LogP contribution in [0.15, 0.2) is 47.5 Å². The average Bonchev–Trinajstić information content (AvgIpc) is 3.52. The fourth-order valence-corrected chi connectivity index (χ4v) is 5.82. The van der Waals surface area contributed by atoms with E-state index in [1.807, 2.05) is 32.9 Å². The zero-order valence-corrected chi connectivity index (χ0v) is 27.8. The average molecular weight is 673 g/mol. The number of nitrogens with zero attached hydrogens (tertiary/aromatic N) is 5. The molecule has 3 N–H and O–H groups in total. The maximum atomic E-state index is 15.8. The minimum absolute atomic E-state index is 0.0203. The monoisotopic (exact) mass is 672 g/mol. The van der Waals surface area contributed by atoms with Gasteiger partial charge >= 0.3 is 14.1 Å². The molecule has 0 saturated carbocycles. The molecule has 0 aliphatic carbocycles. The number of aromatic nitrogens is 4. The van der Waals surface area contributed by atoms with Crippen molar-refractivity contribution < 1.29 is 42.7 Å². The van der Waals surface area contributed by atoms with Crippen LogP contribution >= 0.6 is 8.17 Å². The number of fused-ring (bicyclic) bond motifs is 2. The van der Waals surface area contributed by atoms with E-state index in [1.165, 1.54) is 31.9 Å². The van der Waals surface area contributed by atoms with Gasteiger partial charge in [0.25, 0.3) is 0 Å². The Morgan fingerprint density at radius 1 is 1.28 bits per heavy atom. The minimum Gasteiger partial charge on any atom is -0.575 e. The van der Waals surface area contributed by atoms with Crippen LogP contribution in [0, 0.1) is 5.41 Å². The quantitative estimate of drug-likeness (QED) is 0.171. The molecule has 16 heteroatoms. The largest absolute Gasteiger partial charge is 0.575 e. The number of halogens is 1.